The van der Waals surface area contributed by atoms with Gasteiger partial charge in [0.15, 0.2) is 11.5 Å². The van der Waals surface area contributed by atoms with Crippen LogP contribution in [0.5, 0.6) is 11.5 Å². The molecule has 0 saturated carbocycles. The van der Waals surface area contributed by atoms with Crippen molar-refractivity contribution in [2.24, 2.45) is 5.92 Å². The molecule has 1 atom stereocenters. The normalized spacial score (nSPS) is 15.6. The standard InChI is InChI=1S/C25H29BrN4O4/c1-16(19-6-9-21(32-2)22(14-19)33-3)27-25(31)18-10-12-30(13-11-18)15-23-28-24(29-34-23)17-4-7-20(26)8-5-17/h4-9,14,16,18H,10-13,15H2,1-3H3,(H,27,31). The molecule has 9 heteroatoms. The maximum Gasteiger partial charge on any atom is 0.241 e. The molecule has 1 fully saturated rings. The fourth-order valence-electron chi connectivity index (χ4n) is 4.12. The van der Waals surface area contributed by atoms with Crippen LogP contribution in [0.25, 0.3) is 11.4 Å². The molecule has 1 aliphatic rings. The number of carbonyl (C=O) groups is 1. The highest BCUT2D eigenvalue weighted by Gasteiger charge is 2.27. The lowest BCUT2D eigenvalue weighted by molar-refractivity contribution is -0.127. The number of likely N-dealkylation sites (tertiary alicyclic amines) is 1. The summed E-state index contributed by atoms with van der Waals surface area (Å²) < 4.78 is 17.1. The Kier molecular flexibility index (Phi) is 7.84. The van der Waals surface area contributed by atoms with Crippen molar-refractivity contribution in [3.63, 3.8) is 0 Å². The number of rotatable bonds is 8. The molecule has 1 unspecified atom stereocenters. The van der Waals surface area contributed by atoms with Crippen molar-refractivity contribution >= 4 is 21.8 Å². The molecule has 0 spiro atoms. The van der Waals surface area contributed by atoms with E-state index in [1.54, 1.807) is 14.2 Å². The van der Waals surface area contributed by atoms with Crippen LogP contribution in [-0.2, 0) is 11.3 Å². The molecule has 8 nitrogen and oxygen atoms in total. The van der Waals surface area contributed by atoms with E-state index in [0.717, 1.165) is 41.5 Å². The molecule has 2 heterocycles. The lowest BCUT2D eigenvalue weighted by Crippen LogP contribution is -2.40. The Balaban J connectivity index is 1.27. The van der Waals surface area contributed by atoms with Crippen molar-refractivity contribution in [2.75, 3.05) is 27.3 Å². The van der Waals surface area contributed by atoms with Crippen LogP contribution >= 0.6 is 15.9 Å². The molecule has 1 saturated heterocycles. The number of benzene rings is 2. The van der Waals surface area contributed by atoms with Gasteiger partial charge in [0, 0.05) is 16.0 Å². The van der Waals surface area contributed by atoms with E-state index in [1.165, 1.54) is 0 Å². The van der Waals surface area contributed by atoms with Crippen LogP contribution in [0.2, 0.25) is 0 Å². The van der Waals surface area contributed by atoms with E-state index in [4.69, 9.17) is 14.0 Å². The van der Waals surface area contributed by atoms with Crippen molar-refractivity contribution in [1.29, 1.82) is 0 Å². The van der Waals surface area contributed by atoms with Crippen LogP contribution in [0, 0.1) is 5.92 Å². The second-order valence-corrected chi connectivity index (χ2v) is 9.33. The van der Waals surface area contributed by atoms with Crippen LogP contribution in [0.4, 0.5) is 0 Å². The molecule has 4 rings (SSSR count). The third-order valence-electron chi connectivity index (χ3n) is 6.15. The summed E-state index contributed by atoms with van der Waals surface area (Å²) in [6.45, 7) is 4.17. The van der Waals surface area contributed by atoms with E-state index >= 15 is 0 Å². The van der Waals surface area contributed by atoms with Crippen molar-refractivity contribution < 1.29 is 18.8 Å². The Hall–Kier alpha value is -2.91. The minimum Gasteiger partial charge on any atom is -0.493 e. The third-order valence-corrected chi connectivity index (χ3v) is 6.68. The van der Waals surface area contributed by atoms with Gasteiger partial charge in [-0.05, 0) is 74.8 Å². The molecule has 180 valence electrons. The fourth-order valence-corrected chi connectivity index (χ4v) is 4.38. The largest absolute Gasteiger partial charge is 0.493 e. The van der Waals surface area contributed by atoms with E-state index < -0.39 is 0 Å². The molecule has 1 amide bonds. The summed E-state index contributed by atoms with van der Waals surface area (Å²) in [6.07, 6.45) is 1.58. The highest BCUT2D eigenvalue weighted by molar-refractivity contribution is 9.10. The number of hydrogen-bond donors (Lipinski definition) is 1. The Morgan fingerprint density at radius 1 is 1.15 bits per heavy atom. The van der Waals surface area contributed by atoms with Gasteiger partial charge in [0.25, 0.3) is 0 Å². The number of amides is 1. The van der Waals surface area contributed by atoms with Gasteiger partial charge in [0.2, 0.25) is 17.6 Å². The zero-order valence-corrected chi connectivity index (χ0v) is 21.2. The highest BCUT2D eigenvalue weighted by atomic mass is 79.9. The van der Waals surface area contributed by atoms with Gasteiger partial charge in [-0.3, -0.25) is 9.69 Å². The molecule has 3 aromatic rings. The monoisotopic (exact) mass is 528 g/mol. The van der Waals surface area contributed by atoms with Crippen LogP contribution in [-0.4, -0.2) is 48.3 Å². The van der Waals surface area contributed by atoms with E-state index in [2.05, 4.69) is 36.3 Å². The summed E-state index contributed by atoms with van der Waals surface area (Å²) in [5.74, 6) is 2.56. The maximum absolute atomic E-state index is 12.9. The quantitative estimate of drug-likeness (QED) is 0.456. The third kappa shape index (κ3) is 5.77. The van der Waals surface area contributed by atoms with Crippen LogP contribution in [0.15, 0.2) is 51.5 Å². The lowest BCUT2D eigenvalue weighted by atomic mass is 9.95. The van der Waals surface area contributed by atoms with Gasteiger partial charge in [-0.1, -0.05) is 27.2 Å². The zero-order chi connectivity index (χ0) is 24.1. The number of carbonyl (C=O) groups excluding carboxylic acids is 1. The smallest absolute Gasteiger partial charge is 0.241 e. The number of methoxy groups -OCH3 is 2. The summed E-state index contributed by atoms with van der Waals surface area (Å²) in [6, 6.07) is 13.4. The van der Waals surface area contributed by atoms with E-state index in [0.29, 0.717) is 29.8 Å². The topological polar surface area (TPSA) is 89.7 Å². The molecular formula is C25H29BrN4O4. The number of nitrogens with one attached hydrogen (secondary N) is 1. The van der Waals surface area contributed by atoms with Gasteiger partial charge in [-0.25, -0.2) is 0 Å². The molecule has 34 heavy (non-hydrogen) atoms. The predicted molar refractivity (Wildman–Crippen MR) is 132 cm³/mol. The van der Waals surface area contributed by atoms with Crippen molar-refractivity contribution in [3.8, 4) is 22.9 Å². The summed E-state index contributed by atoms with van der Waals surface area (Å²) in [5, 5.41) is 7.25. The van der Waals surface area contributed by atoms with Gasteiger partial charge in [0.05, 0.1) is 26.8 Å². The highest BCUT2D eigenvalue weighted by Crippen LogP contribution is 2.30. The van der Waals surface area contributed by atoms with E-state index in [9.17, 15) is 4.79 Å². The van der Waals surface area contributed by atoms with Crippen LogP contribution in [0.3, 0.4) is 0 Å². The molecule has 0 radical (unpaired) electrons. The van der Waals surface area contributed by atoms with Gasteiger partial charge < -0.3 is 19.3 Å². The number of aromatic nitrogens is 2. The Morgan fingerprint density at radius 2 is 1.85 bits per heavy atom. The van der Waals surface area contributed by atoms with E-state index in [1.807, 2.05) is 49.4 Å². The average molecular weight is 529 g/mol. The van der Waals surface area contributed by atoms with Crippen molar-refractivity contribution in [3.05, 3.63) is 58.4 Å². The van der Waals surface area contributed by atoms with Gasteiger partial charge in [-0.2, -0.15) is 4.98 Å². The Morgan fingerprint density at radius 3 is 2.53 bits per heavy atom. The Labute approximate surface area is 207 Å². The average Bonchev–Trinajstić information content (AvgIpc) is 3.32. The number of nitrogens with zero attached hydrogens (tertiary/aromatic N) is 3. The first-order valence-electron chi connectivity index (χ1n) is 11.3. The fraction of sp³-hybridized carbons (Fsp3) is 0.400. The van der Waals surface area contributed by atoms with Crippen LogP contribution < -0.4 is 14.8 Å². The zero-order valence-electron chi connectivity index (χ0n) is 19.6. The predicted octanol–water partition coefficient (Wildman–Crippen LogP) is 4.61. The SMILES string of the molecule is COc1ccc(C(C)NC(=O)C2CCN(Cc3nc(-c4ccc(Br)cc4)no3)CC2)cc1OC. The Bertz CT molecular complexity index is 1110. The molecule has 0 bridgehead atoms. The number of ether oxygens (including phenoxy) is 2. The van der Waals surface area contributed by atoms with Crippen LogP contribution in [0.1, 0.15) is 37.3 Å². The molecule has 2 aromatic carbocycles. The second-order valence-electron chi connectivity index (χ2n) is 8.41. The summed E-state index contributed by atoms with van der Waals surface area (Å²) in [4.78, 5) is 19.7. The molecule has 0 aliphatic carbocycles. The number of halogens is 1. The number of hydrogen-bond acceptors (Lipinski definition) is 7. The first-order valence-corrected chi connectivity index (χ1v) is 12.1. The van der Waals surface area contributed by atoms with Gasteiger partial charge >= 0.3 is 0 Å². The first-order chi connectivity index (χ1) is 16.5. The minimum absolute atomic E-state index is 0.0140. The second kappa shape index (κ2) is 11.0. The van der Waals surface area contributed by atoms with Gasteiger partial charge in [-0.15, -0.1) is 0 Å². The first kappa shape index (κ1) is 24.2. The molecular weight excluding hydrogens is 500 g/mol. The van der Waals surface area contributed by atoms with Gasteiger partial charge in [0.1, 0.15) is 0 Å². The van der Waals surface area contributed by atoms with E-state index in [-0.39, 0.29) is 17.9 Å². The summed E-state index contributed by atoms with van der Waals surface area (Å²) >= 11 is 3.43. The summed E-state index contributed by atoms with van der Waals surface area (Å²) in [7, 11) is 3.21. The van der Waals surface area contributed by atoms with Crippen molar-refractivity contribution in [2.45, 2.75) is 32.4 Å². The molecule has 1 aromatic heterocycles. The molecule has 1 aliphatic heterocycles. The summed E-state index contributed by atoms with van der Waals surface area (Å²) in [5.41, 5.74) is 1.89. The lowest BCUT2D eigenvalue weighted by Gasteiger charge is -2.31. The maximum atomic E-state index is 12.9. The van der Waals surface area contributed by atoms with Crippen molar-refractivity contribution in [1.82, 2.24) is 20.4 Å². The minimum atomic E-state index is -0.124. The number of piperidine rings is 1. The molecule has 1 N–H and O–H groups in total.